The molecule has 0 aliphatic carbocycles. The molecule has 2 rings (SSSR count). The van der Waals surface area contributed by atoms with Gasteiger partial charge in [0.1, 0.15) is 5.82 Å². The second kappa shape index (κ2) is 7.45. The van der Waals surface area contributed by atoms with Crippen molar-refractivity contribution < 1.29 is 4.79 Å². The Labute approximate surface area is 135 Å². The zero-order valence-corrected chi connectivity index (χ0v) is 14.3. The van der Waals surface area contributed by atoms with Crippen LogP contribution in [0.2, 0.25) is 0 Å². The highest BCUT2D eigenvalue weighted by atomic mass is 32.2. The van der Waals surface area contributed by atoms with E-state index >= 15 is 0 Å². The summed E-state index contributed by atoms with van der Waals surface area (Å²) in [6.07, 6.45) is 0.994. The van der Waals surface area contributed by atoms with Gasteiger partial charge in [-0.25, -0.2) is 0 Å². The molecule has 1 amide bonds. The maximum absolute atomic E-state index is 12.0. The van der Waals surface area contributed by atoms with Crippen molar-refractivity contribution >= 4 is 23.4 Å². The number of nitrogens with one attached hydrogen (secondary N) is 1. The smallest absolute Gasteiger partial charge is 0.234 e. The molecule has 2 aromatic rings. The van der Waals surface area contributed by atoms with Crippen LogP contribution in [0.5, 0.6) is 0 Å². The number of aromatic nitrogens is 3. The van der Waals surface area contributed by atoms with Crippen LogP contribution in [-0.4, -0.2) is 26.4 Å². The third kappa shape index (κ3) is 4.10. The third-order valence-electron chi connectivity index (χ3n) is 3.33. The summed E-state index contributed by atoms with van der Waals surface area (Å²) in [6.45, 7) is 8.19. The lowest BCUT2D eigenvalue weighted by atomic mass is 10.1. The molecular formula is C16H22N4OS. The van der Waals surface area contributed by atoms with Crippen LogP contribution in [0, 0.1) is 6.92 Å². The number of anilines is 1. The first-order chi connectivity index (χ1) is 10.5. The molecule has 6 heteroatoms. The molecule has 0 fully saturated rings. The van der Waals surface area contributed by atoms with E-state index in [1.807, 2.05) is 35.8 Å². The molecule has 0 spiro atoms. The maximum Gasteiger partial charge on any atom is 0.234 e. The van der Waals surface area contributed by atoms with Gasteiger partial charge in [-0.3, -0.25) is 4.79 Å². The van der Waals surface area contributed by atoms with Gasteiger partial charge in [0.15, 0.2) is 5.16 Å². The van der Waals surface area contributed by atoms with E-state index < -0.39 is 0 Å². The fourth-order valence-electron chi connectivity index (χ4n) is 2.19. The molecule has 0 aliphatic rings. The molecule has 22 heavy (non-hydrogen) atoms. The van der Waals surface area contributed by atoms with Crippen molar-refractivity contribution in [3.05, 3.63) is 35.7 Å². The Balaban J connectivity index is 1.92. The standard InChI is InChI=1S/C16H22N4OS/c1-5-13-6-8-14(9-7-13)17-15(21)10-22-16-19-18-12(4)20(16)11(2)3/h6-9,11H,5,10H2,1-4H3,(H,17,21). The molecule has 118 valence electrons. The molecule has 1 aromatic heterocycles. The second-order valence-electron chi connectivity index (χ2n) is 5.38. The molecule has 5 nitrogen and oxygen atoms in total. The summed E-state index contributed by atoms with van der Waals surface area (Å²) in [6, 6.07) is 8.20. The largest absolute Gasteiger partial charge is 0.325 e. The summed E-state index contributed by atoms with van der Waals surface area (Å²) >= 11 is 1.41. The lowest BCUT2D eigenvalue weighted by Gasteiger charge is -2.11. The first kappa shape index (κ1) is 16.5. The van der Waals surface area contributed by atoms with Crippen molar-refractivity contribution in [2.24, 2.45) is 0 Å². The van der Waals surface area contributed by atoms with Crippen LogP contribution in [0.3, 0.4) is 0 Å². The summed E-state index contributed by atoms with van der Waals surface area (Å²) in [5.74, 6) is 1.15. The second-order valence-corrected chi connectivity index (χ2v) is 6.32. The molecule has 1 N–H and O–H groups in total. The van der Waals surface area contributed by atoms with Gasteiger partial charge in [0, 0.05) is 11.7 Å². The number of thioether (sulfide) groups is 1. The number of aryl methyl sites for hydroxylation is 2. The average molecular weight is 318 g/mol. The van der Waals surface area contributed by atoms with Crippen LogP contribution in [0.25, 0.3) is 0 Å². The minimum absolute atomic E-state index is 0.0368. The Morgan fingerprint density at radius 2 is 1.95 bits per heavy atom. The van der Waals surface area contributed by atoms with E-state index in [1.165, 1.54) is 17.3 Å². The van der Waals surface area contributed by atoms with Gasteiger partial charge in [-0.2, -0.15) is 0 Å². The Hall–Kier alpha value is -1.82. The van der Waals surface area contributed by atoms with Gasteiger partial charge in [0.25, 0.3) is 0 Å². The van der Waals surface area contributed by atoms with Gasteiger partial charge < -0.3 is 9.88 Å². The lowest BCUT2D eigenvalue weighted by molar-refractivity contribution is -0.113. The first-order valence-electron chi connectivity index (χ1n) is 7.44. The van der Waals surface area contributed by atoms with Crippen LogP contribution in [0.1, 0.15) is 38.2 Å². The molecule has 0 saturated carbocycles. The number of carbonyl (C=O) groups is 1. The van der Waals surface area contributed by atoms with Crippen LogP contribution in [0.4, 0.5) is 5.69 Å². The van der Waals surface area contributed by atoms with Crippen LogP contribution < -0.4 is 5.32 Å². The summed E-state index contributed by atoms with van der Waals surface area (Å²) in [4.78, 5) is 12.0. The highest BCUT2D eigenvalue weighted by Gasteiger charge is 2.13. The van der Waals surface area contributed by atoms with Crippen LogP contribution in [-0.2, 0) is 11.2 Å². The van der Waals surface area contributed by atoms with Gasteiger partial charge >= 0.3 is 0 Å². The van der Waals surface area contributed by atoms with Crippen LogP contribution in [0.15, 0.2) is 29.4 Å². The number of carbonyl (C=O) groups excluding carboxylic acids is 1. The zero-order chi connectivity index (χ0) is 16.1. The number of hydrogen-bond donors (Lipinski definition) is 1. The van der Waals surface area contributed by atoms with Crippen LogP contribution >= 0.6 is 11.8 Å². The van der Waals surface area contributed by atoms with E-state index in [1.54, 1.807) is 0 Å². The van der Waals surface area contributed by atoms with Crippen molar-refractivity contribution in [2.75, 3.05) is 11.1 Å². The maximum atomic E-state index is 12.0. The number of rotatable bonds is 6. The van der Waals surface area contributed by atoms with Gasteiger partial charge in [0.2, 0.25) is 5.91 Å². The Kier molecular flexibility index (Phi) is 5.60. The fourth-order valence-corrected chi connectivity index (χ4v) is 3.11. The van der Waals surface area contributed by atoms with Gasteiger partial charge in [-0.1, -0.05) is 30.8 Å². The molecule has 1 heterocycles. The van der Waals surface area contributed by atoms with Crippen molar-refractivity contribution in [1.82, 2.24) is 14.8 Å². The topological polar surface area (TPSA) is 59.8 Å². The molecular weight excluding hydrogens is 296 g/mol. The Morgan fingerprint density at radius 1 is 1.27 bits per heavy atom. The molecule has 0 aliphatic heterocycles. The summed E-state index contributed by atoms with van der Waals surface area (Å²) in [5.41, 5.74) is 2.08. The molecule has 0 saturated heterocycles. The highest BCUT2D eigenvalue weighted by Crippen LogP contribution is 2.21. The monoisotopic (exact) mass is 318 g/mol. The normalized spacial score (nSPS) is 11.0. The van der Waals surface area contributed by atoms with Gasteiger partial charge in [0.05, 0.1) is 5.75 Å². The Morgan fingerprint density at radius 3 is 2.55 bits per heavy atom. The van der Waals surface area contributed by atoms with E-state index in [0.29, 0.717) is 5.75 Å². The number of nitrogens with zero attached hydrogens (tertiary/aromatic N) is 3. The molecule has 1 aromatic carbocycles. The van der Waals surface area contributed by atoms with E-state index in [0.717, 1.165) is 23.1 Å². The summed E-state index contributed by atoms with van der Waals surface area (Å²) in [7, 11) is 0. The van der Waals surface area contributed by atoms with E-state index in [2.05, 4.69) is 36.3 Å². The number of hydrogen-bond acceptors (Lipinski definition) is 4. The zero-order valence-electron chi connectivity index (χ0n) is 13.5. The average Bonchev–Trinajstić information content (AvgIpc) is 2.87. The van der Waals surface area contributed by atoms with Gasteiger partial charge in [-0.05, 0) is 44.9 Å². The van der Waals surface area contributed by atoms with Crippen molar-refractivity contribution in [3.8, 4) is 0 Å². The number of amides is 1. The van der Waals surface area contributed by atoms with Crippen molar-refractivity contribution in [2.45, 2.75) is 45.3 Å². The van der Waals surface area contributed by atoms with E-state index in [4.69, 9.17) is 0 Å². The summed E-state index contributed by atoms with van der Waals surface area (Å²) in [5, 5.41) is 11.9. The molecule has 0 bridgehead atoms. The predicted molar refractivity (Wildman–Crippen MR) is 90.3 cm³/mol. The van der Waals surface area contributed by atoms with Crippen molar-refractivity contribution in [1.29, 1.82) is 0 Å². The SMILES string of the molecule is CCc1ccc(NC(=O)CSc2nnc(C)n2C(C)C)cc1. The quantitative estimate of drug-likeness (QED) is 0.829. The van der Waals surface area contributed by atoms with Gasteiger partial charge in [-0.15, -0.1) is 10.2 Å². The molecule has 0 atom stereocenters. The summed E-state index contributed by atoms with van der Waals surface area (Å²) < 4.78 is 2.04. The fraction of sp³-hybridized carbons (Fsp3) is 0.438. The minimum Gasteiger partial charge on any atom is -0.325 e. The van der Waals surface area contributed by atoms with Crippen molar-refractivity contribution in [3.63, 3.8) is 0 Å². The van der Waals surface area contributed by atoms with E-state index in [9.17, 15) is 4.79 Å². The number of benzene rings is 1. The molecule has 0 unspecified atom stereocenters. The van der Waals surface area contributed by atoms with E-state index in [-0.39, 0.29) is 11.9 Å². The first-order valence-corrected chi connectivity index (χ1v) is 8.43. The molecule has 0 radical (unpaired) electrons. The minimum atomic E-state index is -0.0368. The predicted octanol–water partition coefficient (Wildman–Crippen LogP) is 3.46. The Bertz CT molecular complexity index is 634. The lowest BCUT2D eigenvalue weighted by Crippen LogP contribution is -2.15. The third-order valence-corrected chi connectivity index (χ3v) is 4.27. The highest BCUT2D eigenvalue weighted by molar-refractivity contribution is 7.99.